The van der Waals surface area contributed by atoms with Gasteiger partial charge in [-0.3, -0.25) is 4.98 Å². The molecule has 0 N–H and O–H groups in total. The molecule has 0 atom stereocenters. The van der Waals surface area contributed by atoms with Gasteiger partial charge in [-0.05, 0) is 23.0 Å². The molecule has 0 unspecified atom stereocenters. The van der Waals surface area contributed by atoms with E-state index in [2.05, 4.69) is 65.9 Å². The first-order chi connectivity index (χ1) is 13.0. The van der Waals surface area contributed by atoms with Crippen molar-refractivity contribution >= 4 is 11.1 Å². The molecule has 138 valence electrons. The molecule has 27 heavy (non-hydrogen) atoms. The predicted molar refractivity (Wildman–Crippen MR) is 105 cm³/mol. The van der Waals surface area contributed by atoms with Gasteiger partial charge in [0.15, 0.2) is 17.3 Å². The van der Waals surface area contributed by atoms with E-state index in [1.165, 1.54) is 11.1 Å². The standard InChI is InChI=1S/C21H23N5O/c1-12(2)15-7-6-8-16(13(3)4)20(15)26-21(23-11-24-26)17-9-22-10-18-19(17)25-14(5)27-18/h6-13H,1-5H3. The average Bonchev–Trinajstić information content (AvgIpc) is 3.25. The number of fused-ring (bicyclic) bond motifs is 1. The van der Waals surface area contributed by atoms with Crippen molar-refractivity contribution in [3.8, 4) is 17.1 Å². The lowest BCUT2D eigenvalue weighted by Crippen LogP contribution is -2.10. The van der Waals surface area contributed by atoms with Gasteiger partial charge >= 0.3 is 0 Å². The average molecular weight is 361 g/mol. The summed E-state index contributed by atoms with van der Waals surface area (Å²) in [5.41, 5.74) is 5.79. The fraction of sp³-hybridized carbons (Fsp3) is 0.333. The number of aromatic nitrogens is 5. The SMILES string of the molecule is Cc1nc2c(-c3ncnn3-c3c(C(C)C)cccc3C(C)C)cncc2o1. The summed E-state index contributed by atoms with van der Waals surface area (Å²) in [5, 5.41) is 4.58. The number of rotatable bonds is 4. The molecule has 0 aliphatic heterocycles. The number of aryl methyl sites for hydroxylation is 1. The molecule has 4 rings (SSSR count). The van der Waals surface area contributed by atoms with Gasteiger partial charge in [-0.25, -0.2) is 14.6 Å². The van der Waals surface area contributed by atoms with Crippen LogP contribution in [0.4, 0.5) is 0 Å². The van der Waals surface area contributed by atoms with E-state index in [1.807, 2.05) is 11.6 Å². The third-order valence-electron chi connectivity index (χ3n) is 4.75. The van der Waals surface area contributed by atoms with Crippen LogP contribution in [0.1, 0.15) is 56.5 Å². The Morgan fingerprint density at radius 2 is 1.70 bits per heavy atom. The lowest BCUT2D eigenvalue weighted by molar-refractivity contribution is 0.560. The highest BCUT2D eigenvalue weighted by atomic mass is 16.3. The Balaban J connectivity index is 2.01. The number of hydrogen-bond acceptors (Lipinski definition) is 5. The molecule has 0 amide bonds. The smallest absolute Gasteiger partial charge is 0.192 e. The zero-order valence-corrected chi connectivity index (χ0v) is 16.3. The Morgan fingerprint density at radius 3 is 2.37 bits per heavy atom. The normalized spacial score (nSPS) is 11.8. The molecule has 3 heterocycles. The summed E-state index contributed by atoms with van der Waals surface area (Å²) >= 11 is 0. The zero-order valence-electron chi connectivity index (χ0n) is 16.3. The lowest BCUT2D eigenvalue weighted by Gasteiger charge is -2.20. The van der Waals surface area contributed by atoms with Crippen molar-refractivity contribution in [3.05, 3.63) is 53.9 Å². The second-order valence-electron chi connectivity index (χ2n) is 7.36. The van der Waals surface area contributed by atoms with E-state index in [9.17, 15) is 0 Å². The monoisotopic (exact) mass is 361 g/mol. The minimum atomic E-state index is 0.360. The molecular formula is C21H23N5O. The van der Waals surface area contributed by atoms with Crippen molar-refractivity contribution in [1.82, 2.24) is 24.7 Å². The third-order valence-corrected chi connectivity index (χ3v) is 4.75. The van der Waals surface area contributed by atoms with E-state index in [0.717, 1.165) is 22.6 Å². The van der Waals surface area contributed by atoms with E-state index < -0.39 is 0 Å². The Morgan fingerprint density at radius 1 is 1.00 bits per heavy atom. The third kappa shape index (κ3) is 2.91. The maximum atomic E-state index is 5.65. The van der Waals surface area contributed by atoms with Gasteiger partial charge < -0.3 is 4.42 Å². The van der Waals surface area contributed by atoms with Crippen LogP contribution in [-0.4, -0.2) is 24.7 Å². The lowest BCUT2D eigenvalue weighted by atomic mass is 9.92. The van der Waals surface area contributed by atoms with E-state index >= 15 is 0 Å². The van der Waals surface area contributed by atoms with Crippen molar-refractivity contribution in [2.75, 3.05) is 0 Å². The van der Waals surface area contributed by atoms with Crippen LogP contribution in [0.15, 0.2) is 41.3 Å². The molecule has 0 radical (unpaired) electrons. The number of oxazole rings is 1. The van der Waals surface area contributed by atoms with Crippen LogP contribution in [0.5, 0.6) is 0 Å². The molecule has 0 saturated carbocycles. The largest absolute Gasteiger partial charge is 0.439 e. The van der Waals surface area contributed by atoms with Crippen LogP contribution in [0, 0.1) is 6.92 Å². The van der Waals surface area contributed by atoms with Crippen LogP contribution in [0.2, 0.25) is 0 Å². The Labute approximate surface area is 158 Å². The van der Waals surface area contributed by atoms with Gasteiger partial charge in [-0.1, -0.05) is 45.9 Å². The van der Waals surface area contributed by atoms with Crippen LogP contribution in [0.3, 0.4) is 0 Å². The summed E-state index contributed by atoms with van der Waals surface area (Å²) < 4.78 is 7.57. The summed E-state index contributed by atoms with van der Waals surface area (Å²) in [7, 11) is 0. The number of benzene rings is 1. The molecule has 1 aromatic carbocycles. The second kappa shape index (κ2) is 6.61. The van der Waals surface area contributed by atoms with E-state index in [4.69, 9.17) is 4.42 Å². The van der Waals surface area contributed by atoms with Gasteiger partial charge in [0.2, 0.25) is 0 Å². The molecule has 0 saturated heterocycles. The van der Waals surface area contributed by atoms with Crippen LogP contribution >= 0.6 is 0 Å². The number of nitrogens with zero attached hydrogens (tertiary/aromatic N) is 5. The summed E-state index contributed by atoms with van der Waals surface area (Å²) in [6, 6.07) is 6.45. The van der Waals surface area contributed by atoms with E-state index in [-0.39, 0.29) is 0 Å². The molecule has 0 bridgehead atoms. The second-order valence-corrected chi connectivity index (χ2v) is 7.36. The number of para-hydroxylation sites is 1. The van der Waals surface area contributed by atoms with Crippen LogP contribution < -0.4 is 0 Å². The summed E-state index contributed by atoms with van der Waals surface area (Å²) in [6.45, 7) is 10.6. The maximum absolute atomic E-state index is 5.65. The molecule has 0 aliphatic rings. The van der Waals surface area contributed by atoms with Gasteiger partial charge in [-0.2, -0.15) is 5.10 Å². The Hall–Kier alpha value is -3.02. The summed E-state index contributed by atoms with van der Waals surface area (Å²) in [5.74, 6) is 2.05. The van der Waals surface area contributed by atoms with Gasteiger partial charge in [0, 0.05) is 13.1 Å². The molecule has 4 aromatic rings. The van der Waals surface area contributed by atoms with Crippen molar-refractivity contribution in [3.63, 3.8) is 0 Å². The van der Waals surface area contributed by atoms with Crippen molar-refractivity contribution in [2.45, 2.75) is 46.5 Å². The fourth-order valence-electron chi connectivity index (χ4n) is 3.47. The summed E-state index contributed by atoms with van der Waals surface area (Å²) in [4.78, 5) is 13.4. The molecule has 0 aliphatic carbocycles. The van der Waals surface area contributed by atoms with Crippen LogP contribution in [0.25, 0.3) is 28.2 Å². The quantitative estimate of drug-likeness (QED) is 0.510. The highest BCUT2D eigenvalue weighted by Crippen LogP contribution is 2.34. The van der Waals surface area contributed by atoms with E-state index in [0.29, 0.717) is 23.3 Å². The molecular weight excluding hydrogens is 338 g/mol. The fourth-order valence-corrected chi connectivity index (χ4v) is 3.47. The van der Waals surface area contributed by atoms with Crippen LogP contribution in [-0.2, 0) is 0 Å². The number of hydrogen-bond donors (Lipinski definition) is 0. The van der Waals surface area contributed by atoms with Crippen molar-refractivity contribution in [2.24, 2.45) is 0 Å². The summed E-state index contributed by atoms with van der Waals surface area (Å²) in [6.07, 6.45) is 5.04. The Kier molecular flexibility index (Phi) is 4.26. The van der Waals surface area contributed by atoms with Crippen molar-refractivity contribution < 1.29 is 4.42 Å². The maximum Gasteiger partial charge on any atom is 0.192 e. The molecule has 0 fully saturated rings. The van der Waals surface area contributed by atoms with Gasteiger partial charge in [-0.15, -0.1) is 0 Å². The zero-order chi connectivity index (χ0) is 19.1. The first-order valence-corrected chi connectivity index (χ1v) is 9.22. The first-order valence-electron chi connectivity index (χ1n) is 9.22. The number of pyridine rings is 1. The topological polar surface area (TPSA) is 69.6 Å². The highest BCUT2D eigenvalue weighted by Gasteiger charge is 2.21. The molecule has 6 nitrogen and oxygen atoms in total. The van der Waals surface area contributed by atoms with E-state index in [1.54, 1.807) is 18.7 Å². The Bertz CT molecular complexity index is 1080. The van der Waals surface area contributed by atoms with Gasteiger partial charge in [0.25, 0.3) is 0 Å². The molecule has 0 spiro atoms. The minimum absolute atomic E-state index is 0.360. The predicted octanol–water partition coefficient (Wildman–Crippen LogP) is 5.03. The van der Waals surface area contributed by atoms with Gasteiger partial charge in [0.05, 0.1) is 17.4 Å². The van der Waals surface area contributed by atoms with Gasteiger partial charge in [0.1, 0.15) is 11.8 Å². The minimum Gasteiger partial charge on any atom is -0.439 e. The molecule has 6 heteroatoms. The highest BCUT2D eigenvalue weighted by molar-refractivity contribution is 5.88. The molecule has 3 aromatic heterocycles. The first kappa shape index (κ1) is 17.4. The van der Waals surface area contributed by atoms with Crippen molar-refractivity contribution in [1.29, 1.82) is 0 Å².